The van der Waals surface area contributed by atoms with Crippen molar-refractivity contribution in [2.75, 3.05) is 18.6 Å². The maximum Gasteiger partial charge on any atom is 0.308 e. The van der Waals surface area contributed by atoms with Gasteiger partial charge in [0.05, 0.1) is 13.0 Å². The van der Waals surface area contributed by atoms with Gasteiger partial charge in [0, 0.05) is 11.5 Å². The minimum atomic E-state index is -0.187. The maximum absolute atomic E-state index is 11.0. The third-order valence-electron chi connectivity index (χ3n) is 1.96. The topological polar surface area (TPSA) is 50.2 Å². The Morgan fingerprint density at radius 1 is 1.55 bits per heavy atom. The van der Waals surface area contributed by atoms with E-state index < -0.39 is 0 Å². The highest BCUT2D eigenvalue weighted by Gasteiger charge is 2.22. The fourth-order valence-corrected chi connectivity index (χ4v) is 2.56. The Morgan fingerprint density at radius 3 is 2.55 bits per heavy atom. The van der Waals surface area contributed by atoms with Gasteiger partial charge in [-0.2, -0.15) is 0 Å². The predicted octanol–water partition coefficient (Wildman–Crippen LogP) is 0.950. The normalized spacial score (nSPS) is 31.4. The van der Waals surface area contributed by atoms with Crippen LogP contribution in [0.3, 0.4) is 0 Å². The lowest BCUT2D eigenvalue weighted by Crippen LogP contribution is -2.25. The first-order chi connectivity index (χ1) is 5.24. The number of ether oxygens (including phenoxy) is 1. The molecule has 0 bridgehead atoms. The van der Waals surface area contributed by atoms with Gasteiger partial charge in [-0.1, -0.05) is 0 Å². The number of nitrogens with one attached hydrogen (secondary N) is 1. The van der Waals surface area contributed by atoms with Crippen molar-refractivity contribution in [3.8, 4) is 0 Å². The second-order valence-corrected chi connectivity index (χ2v) is 4.50. The SMILES string of the molecule is COC(=O)C1CCS(=N)CC1. The molecule has 0 spiro atoms. The Kier molecular flexibility index (Phi) is 3.05. The van der Waals surface area contributed by atoms with Crippen molar-refractivity contribution in [2.24, 2.45) is 5.92 Å². The quantitative estimate of drug-likeness (QED) is 0.603. The molecule has 0 aromatic rings. The van der Waals surface area contributed by atoms with Crippen LogP contribution in [0.15, 0.2) is 0 Å². The van der Waals surface area contributed by atoms with E-state index in [1.807, 2.05) is 0 Å². The van der Waals surface area contributed by atoms with Crippen molar-refractivity contribution < 1.29 is 9.53 Å². The molecule has 11 heavy (non-hydrogen) atoms. The van der Waals surface area contributed by atoms with Gasteiger partial charge in [-0.25, -0.2) is 0 Å². The summed E-state index contributed by atoms with van der Waals surface area (Å²) in [6.45, 7) is 0. The summed E-state index contributed by atoms with van der Waals surface area (Å²) in [5.41, 5.74) is 0. The molecular formula is C7H13NO2S. The molecule has 1 heterocycles. The van der Waals surface area contributed by atoms with Gasteiger partial charge in [0.2, 0.25) is 0 Å². The largest absolute Gasteiger partial charge is 0.469 e. The van der Waals surface area contributed by atoms with Gasteiger partial charge in [-0.15, -0.1) is 10.7 Å². The van der Waals surface area contributed by atoms with Crippen LogP contribution in [0.4, 0.5) is 0 Å². The van der Waals surface area contributed by atoms with E-state index in [1.54, 1.807) is 0 Å². The van der Waals surface area contributed by atoms with E-state index in [0.717, 1.165) is 24.3 Å². The van der Waals surface area contributed by atoms with Crippen molar-refractivity contribution in [1.82, 2.24) is 0 Å². The molecule has 0 atom stereocenters. The zero-order valence-corrected chi connectivity index (χ0v) is 7.45. The molecule has 0 radical (unpaired) electrons. The van der Waals surface area contributed by atoms with E-state index >= 15 is 0 Å². The van der Waals surface area contributed by atoms with E-state index in [2.05, 4.69) is 4.74 Å². The Hall–Kier alpha value is -0.380. The lowest BCUT2D eigenvalue weighted by atomic mass is 10.0. The van der Waals surface area contributed by atoms with E-state index in [1.165, 1.54) is 7.11 Å². The number of hydrogen-bond acceptors (Lipinski definition) is 3. The van der Waals surface area contributed by atoms with Crippen molar-refractivity contribution in [1.29, 1.82) is 4.78 Å². The Morgan fingerprint density at radius 2 is 2.09 bits per heavy atom. The fourth-order valence-electron chi connectivity index (χ4n) is 1.22. The molecule has 1 rings (SSSR count). The summed E-state index contributed by atoms with van der Waals surface area (Å²) in [6, 6.07) is 0. The highest BCUT2D eigenvalue weighted by molar-refractivity contribution is 7.86. The number of carbonyl (C=O) groups excluding carboxylic acids is 1. The summed E-state index contributed by atoms with van der Waals surface area (Å²) in [5.74, 6) is 1.73. The number of hydrogen-bond donors (Lipinski definition) is 1. The van der Waals surface area contributed by atoms with Crippen LogP contribution in [0, 0.1) is 10.7 Å². The lowest BCUT2D eigenvalue weighted by Gasteiger charge is -2.20. The monoisotopic (exact) mass is 175 g/mol. The van der Waals surface area contributed by atoms with Crippen molar-refractivity contribution in [3.63, 3.8) is 0 Å². The van der Waals surface area contributed by atoms with Gasteiger partial charge >= 0.3 is 5.97 Å². The van der Waals surface area contributed by atoms with Crippen molar-refractivity contribution >= 4 is 16.7 Å². The number of methoxy groups -OCH3 is 1. The van der Waals surface area contributed by atoms with Crippen molar-refractivity contribution in [3.05, 3.63) is 0 Å². The molecule has 1 N–H and O–H groups in total. The smallest absolute Gasteiger partial charge is 0.308 e. The predicted molar refractivity (Wildman–Crippen MR) is 44.6 cm³/mol. The molecule has 0 aromatic heterocycles. The average Bonchev–Trinajstić information content (AvgIpc) is 2.05. The van der Waals surface area contributed by atoms with Crippen LogP contribution in [0.25, 0.3) is 0 Å². The Bertz CT molecular complexity index is 171. The van der Waals surface area contributed by atoms with Crippen LogP contribution in [-0.2, 0) is 20.2 Å². The van der Waals surface area contributed by atoms with Crippen LogP contribution in [0.5, 0.6) is 0 Å². The van der Waals surface area contributed by atoms with Crippen LogP contribution in [0.1, 0.15) is 12.8 Å². The second-order valence-electron chi connectivity index (χ2n) is 2.70. The molecule has 1 fully saturated rings. The van der Waals surface area contributed by atoms with Gasteiger partial charge in [-0.3, -0.25) is 9.57 Å². The summed E-state index contributed by atoms with van der Waals surface area (Å²) >= 11 is 0. The summed E-state index contributed by atoms with van der Waals surface area (Å²) in [7, 11) is 1.24. The molecule has 0 amide bonds. The highest BCUT2D eigenvalue weighted by Crippen LogP contribution is 2.17. The zero-order chi connectivity index (χ0) is 8.27. The molecule has 1 aliphatic heterocycles. The first kappa shape index (κ1) is 8.71. The molecule has 4 heteroatoms. The van der Waals surface area contributed by atoms with Gasteiger partial charge in [0.25, 0.3) is 0 Å². The number of rotatable bonds is 1. The van der Waals surface area contributed by atoms with Gasteiger partial charge in [-0.05, 0) is 12.8 Å². The fraction of sp³-hybridized carbons (Fsp3) is 0.857. The molecule has 0 unspecified atom stereocenters. The van der Waals surface area contributed by atoms with E-state index in [4.69, 9.17) is 4.78 Å². The molecular weight excluding hydrogens is 162 g/mol. The molecule has 0 aromatic carbocycles. The highest BCUT2D eigenvalue weighted by atomic mass is 32.2. The van der Waals surface area contributed by atoms with Crippen LogP contribution in [0.2, 0.25) is 0 Å². The van der Waals surface area contributed by atoms with E-state index in [0.29, 0.717) is 0 Å². The van der Waals surface area contributed by atoms with Crippen LogP contribution < -0.4 is 0 Å². The summed E-state index contributed by atoms with van der Waals surface area (Å²) < 4.78 is 12.1. The first-order valence-electron chi connectivity index (χ1n) is 3.70. The van der Waals surface area contributed by atoms with E-state index in [-0.39, 0.29) is 22.6 Å². The molecule has 0 saturated carbocycles. The standard InChI is InChI=1S/C7H13NO2S/c1-10-7(9)6-2-4-11(8)5-3-6/h6,8H,2-5H2,1H3. The maximum atomic E-state index is 11.0. The minimum Gasteiger partial charge on any atom is -0.469 e. The molecule has 1 saturated heterocycles. The lowest BCUT2D eigenvalue weighted by molar-refractivity contribution is -0.145. The third kappa shape index (κ3) is 2.29. The Balaban J connectivity index is 2.39. The van der Waals surface area contributed by atoms with E-state index in [9.17, 15) is 4.79 Å². The van der Waals surface area contributed by atoms with Gasteiger partial charge in [0.15, 0.2) is 0 Å². The van der Waals surface area contributed by atoms with Crippen LogP contribution >= 0.6 is 0 Å². The summed E-state index contributed by atoms with van der Waals surface area (Å²) in [5, 5.41) is 0. The molecule has 64 valence electrons. The van der Waals surface area contributed by atoms with Crippen LogP contribution in [-0.4, -0.2) is 24.6 Å². The summed E-state index contributed by atoms with van der Waals surface area (Å²) in [4.78, 5) is 11.0. The molecule has 3 nitrogen and oxygen atoms in total. The van der Waals surface area contributed by atoms with Gasteiger partial charge < -0.3 is 4.74 Å². The van der Waals surface area contributed by atoms with Gasteiger partial charge in [0.1, 0.15) is 0 Å². The minimum absolute atomic E-state index is 0.0779. The first-order valence-corrected chi connectivity index (χ1v) is 5.27. The molecule has 0 aliphatic carbocycles. The number of esters is 1. The second kappa shape index (κ2) is 3.85. The zero-order valence-electron chi connectivity index (χ0n) is 6.63. The molecule has 1 aliphatic rings. The Labute approximate surface area is 69.0 Å². The third-order valence-corrected chi connectivity index (χ3v) is 3.42. The van der Waals surface area contributed by atoms with Crippen molar-refractivity contribution in [2.45, 2.75) is 12.8 Å². The summed E-state index contributed by atoms with van der Waals surface area (Å²) in [6.07, 6.45) is 1.69. The average molecular weight is 175 g/mol. The number of carbonyl (C=O) groups is 1.